The average molecular weight is 352 g/mol. The molecule has 3 aromatic rings. The number of anilines is 2. The second kappa shape index (κ2) is 5.52. The Morgan fingerprint density at radius 1 is 1.12 bits per heavy atom. The van der Waals surface area contributed by atoms with Gasteiger partial charge < -0.3 is 9.80 Å². The molecule has 0 amide bonds. The molecule has 0 bridgehead atoms. The molecule has 1 N–H and O–H groups in total. The van der Waals surface area contributed by atoms with Crippen LogP contribution in [0.15, 0.2) is 23.5 Å². The zero-order valence-electron chi connectivity index (χ0n) is 14.8. The molecule has 2 aliphatic heterocycles. The SMILES string of the molecule is Cc1cncnc1N1CC2CN(c3nc4c(cnn4C)c(=O)[nH]3)CC2C1. The quantitative estimate of drug-likeness (QED) is 0.710. The maximum atomic E-state index is 12.3. The highest BCUT2D eigenvalue weighted by atomic mass is 16.1. The molecule has 9 heteroatoms. The highest BCUT2D eigenvalue weighted by Crippen LogP contribution is 2.35. The molecule has 2 aliphatic rings. The summed E-state index contributed by atoms with van der Waals surface area (Å²) in [5.41, 5.74) is 1.60. The zero-order chi connectivity index (χ0) is 17.8. The summed E-state index contributed by atoms with van der Waals surface area (Å²) < 4.78 is 1.64. The van der Waals surface area contributed by atoms with Gasteiger partial charge in [0, 0.05) is 56.8 Å². The van der Waals surface area contributed by atoms with Crippen LogP contribution >= 0.6 is 0 Å². The monoisotopic (exact) mass is 352 g/mol. The molecule has 0 spiro atoms. The van der Waals surface area contributed by atoms with Gasteiger partial charge in [-0.1, -0.05) is 0 Å². The topological polar surface area (TPSA) is 95.8 Å². The lowest BCUT2D eigenvalue weighted by Crippen LogP contribution is -2.31. The minimum atomic E-state index is -0.131. The number of hydrogen-bond acceptors (Lipinski definition) is 7. The summed E-state index contributed by atoms with van der Waals surface area (Å²) in [5, 5.41) is 4.66. The molecule has 2 saturated heterocycles. The fourth-order valence-corrected chi connectivity index (χ4v) is 4.23. The van der Waals surface area contributed by atoms with Gasteiger partial charge in [-0.25, -0.2) is 9.97 Å². The number of aromatic amines is 1. The van der Waals surface area contributed by atoms with Gasteiger partial charge in [0.05, 0.1) is 6.20 Å². The highest BCUT2D eigenvalue weighted by molar-refractivity contribution is 5.74. The Balaban J connectivity index is 1.38. The van der Waals surface area contributed by atoms with Gasteiger partial charge in [0.2, 0.25) is 5.95 Å². The number of aryl methyl sites for hydroxylation is 2. The first-order valence-electron chi connectivity index (χ1n) is 8.78. The van der Waals surface area contributed by atoms with Gasteiger partial charge in [0.15, 0.2) is 5.65 Å². The van der Waals surface area contributed by atoms with Gasteiger partial charge in [-0.15, -0.1) is 0 Å². The minimum Gasteiger partial charge on any atom is -0.356 e. The van der Waals surface area contributed by atoms with E-state index in [1.807, 2.05) is 13.1 Å². The van der Waals surface area contributed by atoms with Gasteiger partial charge in [-0.05, 0) is 6.92 Å². The first-order valence-corrected chi connectivity index (χ1v) is 8.78. The third kappa shape index (κ3) is 2.27. The van der Waals surface area contributed by atoms with E-state index in [2.05, 4.69) is 34.8 Å². The van der Waals surface area contributed by atoms with Crippen molar-refractivity contribution >= 4 is 22.8 Å². The van der Waals surface area contributed by atoms with E-state index in [4.69, 9.17) is 0 Å². The molecule has 5 heterocycles. The van der Waals surface area contributed by atoms with Crippen LogP contribution in [-0.2, 0) is 7.05 Å². The van der Waals surface area contributed by atoms with Gasteiger partial charge in [-0.3, -0.25) is 14.5 Å². The standard InChI is InChI=1S/C17H20N8O/c1-10-3-18-9-19-14(10)24-5-11-7-25(8-12(11)6-24)17-21-15-13(16(26)22-17)4-20-23(15)2/h3-4,9,11-12H,5-8H2,1-2H3,(H,21,22,26). The fraction of sp³-hybridized carbons (Fsp3) is 0.471. The smallest absolute Gasteiger partial charge is 0.263 e. The van der Waals surface area contributed by atoms with E-state index in [1.165, 1.54) is 0 Å². The first-order chi connectivity index (χ1) is 12.6. The van der Waals surface area contributed by atoms with Crippen LogP contribution in [0.2, 0.25) is 0 Å². The van der Waals surface area contributed by atoms with Crippen molar-refractivity contribution < 1.29 is 0 Å². The Hall–Kier alpha value is -2.97. The first kappa shape index (κ1) is 15.3. The van der Waals surface area contributed by atoms with Gasteiger partial charge in [-0.2, -0.15) is 10.1 Å². The Labute approximate surface area is 149 Å². The molecule has 5 rings (SSSR count). The van der Waals surface area contributed by atoms with Crippen LogP contribution in [0, 0.1) is 18.8 Å². The molecule has 2 atom stereocenters. The molecule has 0 aliphatic carbocycles. The molecule has 0 saturated carbocycles. The van der Waals surface area contributed by atoms with E-state index in [9.17, 15) is 4.79 Å². The molecule has 3 aromatic heterocycles. The molecule has 2 unspecified atom stereocenters. The average Bonchev–Trinajstić information content (AvgIpc) is 3.29. The summed E-state index contributed by atoms with van der Waals surface area (Å²) in [4.78, 5) is 32.9. The van der Waals surface area contributed by atoms with E-state index >= 15 is 0 Å². The Kier molecular flexibility index (Phi) is 3.25. The van der Waals surface area contributed by atoms with Gasteiger partial charge in [0.1, 0.15) is 17.5 Å². The number of aromatic nitrogens is 6. The van der Waals surface area contributed by atoms with E-state index in [0.717, 1.165) is 37.6 Å². The third-order valence-electron chi connectivity index (χ3n) is 5.54. The van der Waals surface area contributed by atoms with Crippen molar-refractivity contribution in [3.05, 3.63) is 34.6 Å². The van der Waals surface area contributed by atoms with Crippen LogP contribution in [0.5, 0.6) is 0 Å². The second-order valence-electron chi connectivity index (χ2n) is 7.25. The minimum absolute atomic E-state index is 0.131. The maximum Gasteiger partial charge on any atom is 0.263 e. The largest absolute Gasteiger partial charge is 0.356 e. The van der Waals surface area contributed by atoms with Crippen molar-refractivity contribution in [1.29, 1.82) is 0 Å². The number of nitrogens with zero attached hydrogens (tertiary/aromatic N) is 7. The van der Waals surface area contributed by atoms with Crippen LogP contribution in [0.1, 0.15) is 5.56 Å². The molecule has 9 nitrogen and oxygen atoms in total. The molecule has 2 fully saturated rings. The summed E-state index contributed by atoms with van der Waals surface area (Å²) >= 11 is 0. The Morgan fingerprint density at radius 2 is 1.85 bits per heavy atom. The van der Waals surface area contributed by atoms with Gasteiger partial charge >= 0.3 is 0 Å². The molecule has 0 aromatic carbocycles. The van der Waals surface area contributed by atoms with Crippen molar-refractivity contribution in [1.82, 2.24) is 29.7 Å². The highest BCUT2D eigenvalue weighted by Gasteiger charge is 2.41. The van der Waals surface area contributed by atoms with Crippen LogP contribution in [-0.4, -0.2) is 55.9 Å². The van der Waals surface area contributed by atoms with Crippen molar-refractivity contribution in [3.8, 4) is 0 Å². The summed E-state index contributed by atoms with van der Waals surface area (Å²) in [6, 6.07) is 0. The summed E-state index contributed by atoms with van der Waals surface area (Å²) in [5.74, 6) is 2.75. The number of rotatable bonds is 2. The van der Waals surface area contributed by atoms with E-state index in [0.29, 0.717) is 28.8 Å². The third-order valence-corrected chi connectivity index (χ3v) is 5.54. The van der Waals surface area contributed by atoms with Crippen LogP contribution in [0.25, 0.3) is 11.0 Å². The maximum absolute atomic E-state index is 12.3. The predicted octanol–water partition coefficient (Wildman–Crippen LogP) is 0.328. The Bertz CT molecular complexity index is 1030. The number of H-pyrrole nitrogens is 1. The van der Waals surface area contributed by atoms with E-state index < -0.39 is 0 Å². The lowest BCUT2D eigenvalue weighted by Gasteiger charge is -2.23. The predicted molar refractivity (Wildman–Crippen MR) is 97.3 cm³/mol. The fourth-order valence-electron chi connectivity index (χ4n) is 4.23. The summed E-state index contributed by atoms with van der Waals surface area (Å²) in [7, 11) is 1.80. The van der Waals surface area contributed by atoms with Crippen molar-refractivity contribution in [2.24, 2.45) is 18.9 Å². The van der Waals surface area contributed by atoms with Gasteiger partial charge in [0.25, 0.3) is 5.56 Å². The molecule has 26 heavy (non-hydrogen) atoms. The van der Waals surface area contributed by atoms with Crippen molar-refractivity contribution in [2.45, 2.75) is 6.92 Å². The van der Waals surface area contributed by atoms with Crippen LogP contribution in [0.3, 0.4) is 0 Å². The lowest BCUT2D eigenvalue weighted by molar-refractivity contribution is 0.533. The number of hydrogen-bond donors (Lipinski definition) is 1. The van der Waals surface area contributed by atoms with E-state index in [-0.39, 0.29) is 5.56 Å². The number of nitrogens with one attached hydrogen (secondary N) is 1. The Morgan fingerprint density at radius 3 is 2.58 bits per heavy atom. The van der Waals surface area contributed by atoms with Crippen LogP contribution in [0.4, 0.5) is 11.8 Å². The summed E-state index contributed by atoms with van der Waals surface area (Å²) in [6.45, 7) is 5.76. The van der Waals surface area contributed by atoms with Crippen molar-refractivity contribution in [2.75, 3.05) is 36.0 Å². The molecule has 0 radical (unpaired) electrons. The summed E-state index contributed by atoms with van der Waals surface area (Å²) in [6.07, 6.45) is 5.03. The zero-order valence-corrected chi connectivity index (χ0v) is 14.8. The lowest BCUT2D eigenvalue weighted by atomic mass is 10.0. The van der Waals surface area contributed by atoms with E-state index in [1.54, 1.807) is 24.3 Å². The molecule has 134 valence electrons. The number of fused-ring (bicyclic) bond motifs is 2. The van der Waals surface area contributed by atoms with Crippen molar-refractivity contribution in [3.63, 3.8) is 0 Å². The second-order valence-corrected chi connectivity index (χ2v) is 7.25. The van der Waals surface area contributed by atoms with Crippen LogP contribution < -0.4 is 15.4 Å². The molecular formula is C17H20N8O. The molecular weight excluding hydrogens is 332 g/mol. The normalized spacial score (nSPS) is 22.4.